The van der Waals surface area contributed by atoms with Crippen molar-refractivity contribution in [3.05, 3.63) is 35.9 Å². The quantitative estimate of drug-likeness (QED) is 0.304. The first kappa shape index (κ1) is 21.8. The molecular weight excluding hydrogens is 338 g/mol. The number of carbonyl (C=O) groups is 3. The van der Waals surface area contributed by atoms with Crippen LogP contribution in [-0.2, 0) is 30.4 Å². The number of nitrogens with zero attached hydrogens (tertiary/aromatic N) is 1. The fraction of sp³-hybridized carbons (Fsp3) is 0.526. The third-order valence-electron chi connectivity index (χ3n) is 3.69. The summed E-state index contributed by atoms with van der Waals surface area (Å²) in [6.07, 6.45) is 1.48. The molecule has 0 N–H and O–H groups in total. The normalized spacial score (nSPS) is 12.8. The van der Waals surface area contributed by atoms with Crippen molar-refractivity contribution in [3.8, 4) is 0 Å². The van der Waals surface area contributed by atoms with Crippen LogP contribution in [0.1, 0.15) is 38.7 Å². The van der Waals surface area contributed by atoms with Crippen molar-refractivity contribution in [1.82, 2.24) is 4.90 Å². The number of ether oxygens (including phenoxy) is 3. The van der Waals surface area contributed by atoms with Crippen LogP contribution in [0.4, 0.5) is 4.79 Å². The smallest absolute Gasteiger partial charge is 0.417 e. The lowest BCUT2D eigenvalue weighted by Gasteiger charge is -2.21. The van der Waals surface area contributed by atoms with E-state index in [0.717, 1.165) is 10.5 Å². The van der Waals surface area contributed by atoms with Gasteiger partial charge in [0.25, 0.3) is 0 Å². The molecule has 2 atom stereocenters. The minimum atomic E-state index is -0.847. The van der Waals surface area contributed by atoms with Gasteiger partial charge in [-0.15, -0.1) is 0 Å². The summed E-state index contributed by atoms with van der Waals surface area (Å²) in [7, 11) is 0. The molecule has 2 amide bonds. The molecule has 1 rings (SSSR count). The van der Waals surface area contributed by atoms with Crippen LogP contribution in [0.2, 0.25) is 0 Å². The second-order valence-electron chi connectivity index (χ2n) is 5.65. The Bertz CT molecular complexity index is 536. The minimum absolute atomic E-state index is 0.0404. The van der Waals surface area contributed by atoms with Gasteiger partial charge in [-0.25, -0.2) is 9.69 Å². The lowest BCUT2D eigenvalue weighted by molar-refractivity contribution is -0.128. The number of aldehydes is 1. The maximum absolute atomic E-state index is 12.1. The molecule has 7 heteroatoms. The molecule has 0 bridgehead atoms. The number of hydrogen-bond donors (Lipinski definition) is 0. The molecule has 1 aromatic carbocycles. The molecule has 0 saturated carbocycles. The maximum atomic E-state index is 12.1. The molecule has 0 aliphatic heterocycles. The zero-order valence-electron chi connectivity index (χ0n) is 15.3. The van der Waals surface area contributed by atoms with E-state index in [1.165, 1.54) is 0 Å². The molecule has 0 fully saturated rings. The molecule has 144 valence electrons. The zero-order valence-corrected chi connectivity index (χ0v) is 15.3. The SMILES string of the molecule is CCOC(C)OCCCC[C@@H](C=O)N(C=O)C(=O)OCc1ccccc1. The Kier molecular flexibility index (Phi) is 10.9. The third kappa shape index (κ3) is 8.22. The van der Waals surface area contributed by atoms with E-state index in [9.17, 15) is 14.4 Å². The summed E-state index contributed by atoms with van der Waals surface area (Å²) in [5.74, 6) is 0. The number of imide groups is 1. The minimum Gasteiger partial charge on any atom is -0.444 e. The summed E-state index contributed by atoms with van der Waals surface area (Å²) in [5, 5.41) is 0. The molecule has 26 heavy (non-hydrogen) atoms. The monoisotopic (exact) mass is 365 g/mol. The first-order valence-electron chi connectivity index (χ1n) is 8.75. The molecular formula is C19H27NO6. The first-order chi connectivity index (χ1) is 12.6. The first-order valence-corrected chi connectivity index (χ1v) is 8.75. The summed E-state index contributed by atoms with van der Waals surface area (Å²) >= 11 is 0. The van der Waals surface area contributed by atoms with Crippen molar-refractivity contribution >= 4 is 18.8 Å². The van der Waals surface area contributed by atoms with E-state index in [4.69, 9.17) is 14.2 Å². The van der Waals surface area contributed by atoms with Crippen molar-refractivity contribution in [3.63, 3.8) is 0 Å². The number of rotatable bonds is 13. The molecule has 1 aromatic rings. The van der Waals surface area contributed by atoms with Gasteiger partial charge in [-0.3, -0.25) is 4.79 Å². The Morgan fingerprint density at radius 1 is 1.15 bits per heavy atom. The van der Waals surface area contributed by atoms with Gasteiger partial charge in [0.05, 0.1) is 6.04 Å². The van der Waals surface area contributed by atoms with E-state index in [2.05, 4.69) is 0 Å². The van der Waals surface area contributed by atoms with Gasteiger partial charge in [0.2, 0.25) is 6.41 Å². The lowest BCUT2D eigenvalue weighted by Crippen LogP contribution is -2.40. The molecule has 1 unspecified atom stereocenters. The fourth-order valence-electron chi connectivity index (χ4n) is 2.31. The molecule has 0 aliphatic rings. The Morgan fingerprint density at radius 3 is 2.50 bits per heavy atom. The topological polar surface area (TPSA) is 82.1 Å². The van der Waals surface area contributed by atoms with Crippen molar-refractivity contribution < 1.29 is 28.6 Å². The van der Waals surface area contributed by atoms with Gasteiger partial charge in [0, 0.05) is 13.2 Å². The molecule has 0 aliphatic carbocycles. The second-order valence-corrected chi connectivity index (χ2v) is 5.65. The molecule has 0 aromatic heterocycles. The van der Waals surface area contributed by atoms with E-state index in [-0.39, 0.29) is 12.9 Å². The van der Waals surface area contributed by atoms with Crippen LogP contribution >= 0.6 is 0 Å². The largest absolute Gasteiger partial charge is 0.444 e. The van der Waals surface area contributed by atoms with E-state index >= 15 is 0 Å². The van der Waals surface area contributed by atoms with Crippen LogP contribution in [-0.4, -0.2) is 49.2 Å². The van der Waals surface area contributed by atoms with Crippen LogP contribution in [0.5, 0.6) is 0 Å². The van der Waals surface area contributed by atoms with Crippen LogP contribution < -0.4 is 0 Å². The van der Waals surface area contributed by atoms with Crippen LogP contribution in [0.15, 0.2) is 30.3 Å². The van der Waals surface area contributed by atoms with E-state index in [1.54, 1.807) is 12.1 Å². The Balaban J connectivity index is 2.38. The number of hydrogen-bond acceptors (Lipinski definition) is 6. The number of carbonyl (C=O) groups excluding carboxylic acids is 3. The van der Waals surface area contributed by atoms with Gasteiger partial charge < -0.3 is 19.0 Å². The summed E-state index contributed by atoms with van der Waals surface area (Å²) in [6, 6.07) is 8.26. The number of benzene rings is 1. The Labute approximate surface area is 154 Å². The van der Waals surface area contributed by atoms with Crippen LogP contribution in [0.3, 0.4) is 0 Å². The fourth-order valence-corrected chi connectivity index (χ4v) is 2.31. The molecule has 0 heterocycles. The Hall–Kier alpha value is -2.25. The molecule has 7 nitrogen and oxygen atoms in total. The van der Waals surface area contributed by atoms with E-state index in [0.29, 0.717) is 45.2 Å². The van der Waals surface area contributed by atoms with Crippen LogP contribution in [0.25, 0.3) is 0 Å². The zero-order chi connectivity index (χ0) is 19.2. The highest BCUT2D eigenvalue weighted by Crippen LogP contribution is 2.10. The molecule has 0 saturated heterocycles. The van der Waals surface area contributed by atoms with Crippen molar-refractivity contribution in [2.45, 2.75) is 52.0 Å². The Morgan fingerprint density at radius 2 is 1.88 bits per heavy atom. The van der Waals surface area contributed by atoms with Gasteiger partial charge in [-0.05, 0) is 38.7 Å². The van der Waals surface area contributed by atoms with Crippen molar-refractivity contribution in [1.29, 1.82) is 0 Å². The third-order valence-corrected chi connectivity index (χ3v) is 3.69. The van der Waals surface area contributed by atoms with Gasteiger partial charge >= 0.3 is 6.09 Å². The molecule has 0 spiro atoms. The van der Waals surface area contributed by atoms with E-state index < -0.39 is 12.1 Å². The van der Waals surface area contributed by atoms with Gasteiger partial charge in [-0.2, -0.15) is 0 Å². The average molecular weight is 365 g/mol. The number of amides is 2. The van der Waals surface area contributed by atoms with Crippen molar-refractivity contribution in [2.24, 2.45) is 0 Å². The van der Waals surface area contributed by atoms with Gasteiger partial charge in [0.15, 0.2) is 6.29 Å². The van der Waals surface area contributed by atoms with Gasteiger partial charge in [0.1, 0.15) is 12.9 Å². The van der Waals surface area contributed by atoms with Gasteiger partial charge in [-0.1, -0.05) is 30.3 Å². The molecule has 0 radical (unpaired) electrons. The lowest BCUT2D eigenvalue weighted by atomic mass is 10.1. The highest BCUT2D eigenvalue weighted by Gasteiger charge is 2.24. The predicted molar refractivity (Wildman–Crippen MR) is 95.3 cm³/mol. The predicted octanol–water partition coefficient (Wildman–Crippen LogP) is 2.92. The van der Waals surface area contributed by atoms with E-state index in [1.807, 2.05) is 32.0 Å². The summed E-state index contributed by atoms with van der Waals surface area (Å²) in [6.45, 7) is 4.80. The standard InChI is InChI=1S/C19H27NO6/c1-3-24-16(2)25-12-8-7-11-18(13-21)20(15-22)19(23)26-14-17-9-5-4-6-10-17/h4-6,9-10,13,15-16,18H,3,7-8,11-12,14H2,1-2H3/t16?,18-/m0/s1. The number of unbranched alkanes of at least 4 members (excludes halogenated alkanes) is 1. The summed E-state index contributed by atoms with van der Waals surface area (Å²) in [4.78, 5) is 35.4. The average Bonchev–Trinajstić information content (AvgIpc) is 2.66. The maximum Gasteiger partial charge on any atom is 0.417 e. The highest BCUT2D eigenvalue weighted by molar-refractivity contribution is 5.84. The van der Waals surface area contributed by atoms with Crippen molar-refractivity contribution in [2.75, 3.05) is 13.2 Å². The van der Waals surface area contributed by atoms with Crippen LogP contribution in [0, 0.1) is 0 Å². The highest BCUT2D eigenvalue weighted by atomic mass is 16.7. The summed E-state index contributed by atoms with van der Waals surface area (Å²) < 4.78 is 15.8. The summed E-state index contributed by atoms with van der Waals surface area (Å²) in [5.41, 5.74) is 0.801. The second kappa shape index (κ2) is 13.0.